The van der Waals surface area contributed by atoms with Crippen LogP contribution in [0.1, 0.15) is 15.9 Å². The molecule has 0 fully saturated rings. The summed E-state index contributed by atoms with van der Waals surface area (Å²) in [5.74, 6) is 0.799. The highest BCUT2D eigenvalue weighted by atomic mass is 32.1. The number of nitrogens with zero attached hydrogens (tertiary/aromatic N) is 1. The Labute approximate surface area is 143 Å². The molecular formula is C17H17N3O3S. The van der Waals surface area contributed by atoms with Gasteiger partial charge in [0, 0.05) is 11.6 Å². The van der Waals surface area contributed by atoms with Crippen LogP contribution in [0.25, 0.3) is 10.2 Å². The maximum absolute atomic E-state index is 12.3. The summed E-state index contributed by atoms with van der Waals surface area (Å²) in [5, 5.41) is 0.624. The van der Waals surface area contributed by atoms with E-state index in [-0.39, 0.29) is 5.91 Å². The molecule has 1 aromatic heterocycles. The van der Waals surface area contributed by atoms with E-state index in [1.54, 1.807) is 18.2 Å². The fourth-order valence-corrected chi connectivity index (χ4v) is 3.12. The number of benzene rings is 2. The number of hydrogen-bond donors (Lipinski definition) is 2. The van der Waals surface area contributed by atoms with Crippen molar-refractivity contribution in [3.63, 3.8) is 0 Å². The van der Waals surface area contributed by atoms with E-state index in [0.717, 1.165) is 10.2 Å². The van der Waals surface area contributed by atoms with Gasteiger partial charge < -0.3 is 9.47 Å². The minimum atomic E-state index is -0.303. The zero-order valence-electron chi connectivity index (χ0n) is 13.5. The number of aromatic nitrogens is 1. The average molecular weight is 343 g/mol. The van der Waals surface area contributed by atoms with Crippen molar-refractivity contribution in [2.24, 2.45) is 0 Å². The molecule has 2 N–H and O–H groups in total. The van der Waals surface area contributed by atoms with Crippen molar-refractivity contribution in [2.75, 3.05) is 19.6 Å². The molecule has 6 nitrogen and oxygen atoms in total. The normalized spacial score (nSPS) is 10.5. The molecule has 0 atom stereocenters. The molecule has 0 aliphatic heterocycles. The summed E-state index contributed by atoms with van der Waals surface area (Å²) in [6.45, 7) is 2.03. The van der Waals surface area contributed by atoms with Crippen LogP contribution in [0.15, 0.2) is 36.4 Å². The first-order chi connectivity index (χ1) is 11.6. The van der Waals surface area contributed by atoms with Crippen LogP contribution < -0.4 is 20.3 Å². The van der Waals surface area contributed by atoms with Gasteiger partial charge in [-0.15, -0.1) is 0 Å². The molecule has 0 radical (unpaired) electrons. The number of hydrogen-bond acceptors (Lipinski definition) is 6. The summed E-state index contributed by atoms with van der Waals surface area (Å²) in [6, 6.07) is 11.0. The fraction of sp³-hybridized carbons (Fsp3) is 0.176. The highest BCUT2D eigenvalue weighted by Gasteiger charge is 2.11. The van der Waals surface area contributed by atoms with Gasteiger partial charge >= 0.3 is 0 Å². The molecule has 0 saturated heterocycles. The Kier molecular flexibility index (Phi) is 4.52. The molecule has 1 heterocycles. The van der Waals surface area contributed by atoms with Gasteiger partial charge in [-0.05, 0) is 36.8 Å². The molecule has 0 unspecified atom stereocenters. The molecule has 124 valence electrons. The second kappa shape index (κ2) is 6.76. The number of amides is 1. The SMILES string of the molecule is COc1cc(OC)cc(C(=O)NNc2nc3ccc(C)cc3s2)c1. The van der Waals surface area contributed by atoms with Crippen molar-refractivity contribution < 1.29 is 14.3 Å². The molecule has 3 aromatic rings. The third-order valence-corrected chi connectivity index (χ3v) is 4.37. The second-order valence-corrected chi connectivity index (χ2v) is 6.20. The molecular weight excluding hydrogens is 326 g/mol. The Morgan fingerprint density at radius 1 is 1.08 bits per heavy atom. The smallest absolute Gasteiger partial charge is 0.269 e. The van der Waals surface area contributed by atoms with Gasteiger partial charge in [0.2, 0.25) is 5.13 Å². The molecule has 7 heteroatoms. The Hall–Kier alpha value is -2.80. The first-order valence-corrected chi connectivity index (χ1v) is 8.07. The average Bonchev–Trinajstić information content (AvgIpc) is 3.01. The zero-order valence-corrected chi connectivity index (χ0v) is 14.4. The molecule has 0 saturated carbocycles. The van der Waals surface area contributed by atoms with E-state index in [4.69, 9.17) is 9.47 Å². The standard InChI is InChI=1S/C17H17N3O3S/c1-10-4-5-14-15(6-10)24-17(18-14)20-19-16(21)11-7-12(22-2)9-13(8-11)23-3/h4-9H,1-3H3,(H,18,20)(H,19,21). The molecule has 1 amide bonds. The minimum absolute atomic E-state index is 0.303. The monoisotopic (exact) mass is 343 g/mol. The quantitative estimate of drug-likeness (QED) is 0.695. The summed E-state index contributed by atoms with van der Waals surface area (Å²) >= 11 is 1.48. The lowest BCUT2D eigenvalue weighted by molar-refractivity contribution is 0.0962. The number of ether oxygens (including phenoxy) is 2. The van der Waals surface area contributed by atoms with Crippen LogP contribution in [0.5, 0.6) is 11.5 Å². The van der Waals surface area contributed by atoms with Crippen LogP contribution in [0.4, 0.5) is 5.13 Å². The molecule has 0 aliphatic rings. The van der Waals surface area contributed by atoms with Crippen molar-refractivity contribution in [1.29, 1.82) is 0 Å². The maximum Gasteiger partial charge on any atom is 0.269 e. The Morgan fingerprint density at radius 2 is 1.79 bits per heavy atom. The lowest BCUT2D eigenvalue weighted by atomic mass is 10.2. The van der Waals surface area contributed by atoms with Crippen LogP contribution in [-0.2, 0) is 0 Å². The van der Waals surface area contributed by atoms with Crippen LogP contribution in [-0.4, -0.2) is 25.1 Å². The first-order valence-electron chi connectivity index (χ1n) is 7.25. The van der Waals surface area contributed by atoms with Crippen molar-refractivity contribution in [3.8, 4) is 11.5 Å². The number of fused-ring (bicyclic) bond motifs is 1. The number of rotatable bonds is 5. The van der Waals surface area contributed by atoms with Gasteiger partial charge in [-0.25, -0.2) is 4.98 Å². The molecule has 24 heavy (non-hydrogen) atoms. The number of methoxy groups -OCH3 is 2. The lowest BCUT2D eigenvalue weighted by Crippen LogP contribution is -2.29. The maximum atomic E-state index is 12.3. The van der Waals surface area contributed by atoms with Crippen molar-refractivity contribution >= 4 is 32.6 Å². The number of anilines is 1. The number of carbonyl (C=O) groups excluding carboxylic acids is 1. The van der Waals surface area contributed by atoms with E-state index in [2.05, 4.69) is 21.9 Å². The molecule has 0 spiro atoms. The molecule has 3 rings (SSSR count). The second-order valence-electron chi connectivity index (χ2n) is 5.17. The number of aryl methyl sites for hydroxylation is 1. The summed E-state index contributed by atoms with van der Waals surface area (Å²) in [7, 11) is 3.08. The van der Waals surface area contributed by atoms with E-state index in [1.807, 2.05) is 19.1 Å². The van der Waals surface area contributed by atoms with E-state index >= 15 is 0 Å². The van der Waals surface area contributed by atoms with Crippen LogP contribution in [0, 0.1) is 6.92 Å². The highest BCUT2D eigenvalue weighted by molar-refractivity contribution is 7.22. The third-order valence-electron chi connectivity index (χ3n) is 3.44. The summed E-state index contributed by atoms with van der Waals surface area (Å²) in [5.41, 5.74) is 7.99. The number of thiazole rings is 1. The Bertz CT molecular complexity index is 870. The highest BCUT2D eigenvalue weighted by Crippen LogP contribution is 2.26. The largest absolute Gasteiger partial charge is 0.497 e. The topological polar surface area (TPSA) is 72.5 Å². The van der Waals surface area contributed by atoms with Gasteiger partial charge in [0.05, 0.1) is 24.4 Å². The van der Waals surface area contributed by atoms with Crippen LogP contribution >= 0.6 is 11.3 Å². The van der Waals surface area contributed by atoms with Crippen molar-refractivity contribution in [2.45, 2.75) is 6.92 Å². The Balaban J connectivity index is 1.74. The van der Waals surface area contributed by atoms with Gasteiger partial charge in [-0.2, -0.15) is 0 Å². The van der Waals surface area contributed by atoms with Gasteiger partial charge in [-0.3, -0.25) is 15.6 Å². The summed E-state index contributed by atoms with van der Waals surface area (Å²) in [6.07, 6.45) is 0. The summed E-state index contributed by atoms with van der Waals surface area (Å²) < 4.78 is 11.4. The van der Waals surface area contributed by atoms with E-state index in [1.165, 1.54) is 31.1 Å². The van der Waals surface area contributed by atoms with Crippen LogP contribution in [0.2, 0.25) is 0 Å². The van der Waals surface area contributed by atoms with E-state index < -0.39 is 0 Å². The fourth-order valence-electron chi connectivity index (χ4n) is 2.21. The van der Waals surface area contributed by atoms with Crippen molar-refractivity contribution in [1.82, 2.24) is 10.4 Å². The van der Waals surface area contributed by atoms with Gasteiger partial charge in [0.1, 0.15) is 11.5 Å². The molecule has 0 bridgehead atoms. The third kappa shape index (κ3) is 3.41. The predicted octanol–water partition coefficient (Wildman–Crippen LogP) is 3.38. The predicted molar refractivity (Wildman–Crippen MR) is 95.0 cm³/mol. The first kappa shape index (κ1) is 16.1. The van der Waals surface area contributed by atoms with Gasteiger partial charge in [-0.1, -0.05) is 17.4 Å². The number of hydrazine groups is 1. The van der Waals surface area contributed by atoms with E-state index in [9.17, 15) is 4.79 Å². The molecule has 0 aliphatic carbocycles. The van der Waals surface area contributed by atoms with Gasteiger partial charge in [0.15, 0.2) is 0 Å². The minimum Gasteiger partial charge on any atom is -0.497 e. The zero-order chi connectivity index (χ0) is 17.1. The molecule has 2 aromatic carbocycles. The lowest BCUT2D eigenvalue weighted by Gasteiger charge is -2.09. The van der Waals surface area contributed by atoms with Crippen molar-refractivity contribution in [3.05, 3.63) is 47.5 Å². The summed E-state index contributed by atoms with van der Waals surface area (Å²) in [4.78, 5) is 16.7. The van der Waals surface area contributed by atoms with Gasteiger partial charge in [0.25, 0.3) is 5.91 Å². The van der Waals surface area contributed by atoms with E-state index in [0.29, 0.717) is 22.2 Å². The van der Waals surface area contributed by atoms with Crippen LogP contribution in [0.3, 0.4) is 0 Å². The number of carbonyl (C=O) groups is 1. The Morgan fingerprint density at radius 3 is 2.46 bits per heavy atom. The number of nitrogens with one attached hydrogen (secondary N) is 2.